The molecule has 2 aliphatic rings. The molecule has 0 unspecified atom stereocenters. The second-order valence-electron chi connectivity index (χ2n) is 8.13. The van der Waals surface area contributed by atoms with Crippen LogP contribution in [0.25, 0.3) is 0 Å². The summed E-state index contributed by atoms with van der Waals surface area (Å²) in [4.78, 5) is 26.3. The Morgan fingerprint density at radius 1 is 1.07 bits per heavy atom. The fraction of sp³-hybridized carbons (Fsp3) is 0.619. The number of anilines is 1. The van der Waals surface area contributed by atoms with Crippen molar-refractivity contribution in [2.75, 3.05) is 17.6 Å². The summed E-state index contributed by atoms with van der Waals surface area (Å²) in [6.07, 6.45) is 5.78. The highest BCUT2D eigenvalue weighted by atomic mass is 32.2. The molecule has 0 fully saturated rings. The third-order valence-electron chi connectivity index (χ3n) is 5.83. The number of rotatable bonds is 7. The van der Waals surface area contributed by atoms with Crippen LogP contribution in [0.2, 0.25) is 0 Å². The van der Waals surface area contributed by atoms with E-state index >= 15 is 0 Å². The zero-order valence-corrected chi connectivity index (χ0v) is 18.3. The minimum Gasteiger partial charge on any atom is -0.341 e. The first-order valence-electron chi connectivity index (χ1n) is 10.5. The zero-order chi connectivity index (χ0) is 21.2. The van der Waals surface area contributed by atoms with Gasteiger partial charge in [0.25, 0.3) is 0 Å². The Labute approximate surface area is 173 Å². The van der Waals surface area contributed by atoms with E-state index in [4.69, 9.17) is 0 Å². The van der Waals surface area contributed by atoms with Gasteiger partial charge < -0.3 is 10.2 Å². The number of nitrogens with zero attached hydrogens (tertiary/aromatic N) is 1. The molecule has 29 heavy (non-hydrogen) atoms. The standard InChI is InChI=1S/C21H31N3O4S/c1-4-24(14(2)3)19(25)11-12-29(27,28)23-21(26)22-20-17-9-5-7-15(17)13-16-8-6-10-18(16)20/h13-14H,4-12H2,1-3H3,(H2,22,23,26). The van der Waals surface area contributed by atoms with E-state index in [0.29, 0.717) is 6.54 Å². The van der Waals surface area contributed by atoms with Gasteiger partial charge in [-0.3, -0.25) is 4.79 Å². The van der Waals surface area contributed by atoms with E-state index in [1.165, 1.54) is 11.1 Å². The Balaban J connectivity index is 1.65. The molecule has 0 aliphatic heterocycles. The molecular weight excluding hydrogens is 390 g/mol. The highest BCUT2D eigenvalue weighted by Gasteiger charge is 2.26. The van der Waals surface area contributed by atoms with Crippen LogP contribution in [0.3, 0.4) is 0 Å². The lowest BCUT2D eigenvalue weighted by Gasteiger charge is -2.25. The third kappa shape index (κ3) is 4.91. The molecule has 3 amide bonds. The van der Waals surface area contributed by atoms with Gasteiger partial charge in [0.2, 0.25) is 15.9 Å². The number of hydrogen-bond acceptors (Lipinski definition) is 4. The summed E-state index contributed by atoms with van der Waals surface area (Å²) in [5.41, 5.74) is 5.62. The van der Waals surface area contributed by atoms with Gasteiger partial charge in [-0.15, -0.1) is 0 Å². The first-order valence-corrected chi connectivity index (χ1v) is 12.1. The van der Waals surface area contributed by atoms with E-state index in [1.54, 1.807) is 4.90 Å². The largest absolute Gasteiger partial charge is 0.341 e. The van der Waals surface area contributed by atoms with Crippen LogP contribution in [0, 0.1) is 0 Å². The second-order valence-corrected chi connectivity index (χ2v) is 9.97. The van der Waals surface area contributed by atoms with E-state index in [9.17, 15) is 18.0 Å². The zero-order valence-electron chi connectivity index (χ0n) is 17.5. The van der Waals surface area contributed by atoms with E-state index < -0.39 is 21.8 Å². The van der Waals surface area contributed by atoms with Crippen molar-refractivity contribution < 1.29 is 18.0 Å². The number of nitrogens with one attached hydrogen (secondary N) is 2. The maximum absolute atomic E-state index is 12.5. The van der Waals surface area contributed by atoms with E-state index in [2.05, 4.69) is 16.1 Å². The number of hydrogen-bond donors (Lipinski definition) is 2. The van der Waals surface area contributed by atoms with Crippen LogP contribution in [0.15, 0.2) is 6.07 Å². The predicted octanol–water partition coefficient (Wildman–Crippen LogP) is 2.76. The lowest BCUT2D eigenvalue weighted by Crippen LogP contribution is -2.40. The van der Waals surface area contributed by atoms with Crippen molar-refractivity contribution in [2.45, 2.75) is 71.8 Å². The molecule has 0 atom stereocenters. The topological polar surface area (TPSA) is 95.6 Å². The molecule has 0 saturated heterocycles. The van der Waals surface area contributed by atoms with Gasteiger partial charge in [-0.1, -0.05) is 6.07 Å². The Bertz CT molecular complexity index is 877. The summed E-state index contributed by atoms with van der Waals surface area (Å²) < 4.78 is 26.8. The van der Waals surface area contributed by atoms with Crippen molar-refractivity contribution >= 4 is 27.6 Å². The Morgan fingerprint density at radius 2 is 1.66 bits per heavy atom. The number of carbonyl (C=O) groups excluding carboxylic acids is 2. The smallest absolute Gasteiger partial charge is 0.332 e. The summed E-state index contributed by atoms with van der Waals surface area (Å²) in [6, 6.07) is 1.52. The molecule has 0 aromatic heterocycles. The third-order valence-corrected chi connectivity index (χ3v) is 7.07. The predicted molar refractivity (Wildman–Crippen MR) is 114 cm³/mol. The second kappa shape index (κ2) is 8.73. The maximum Gasteiger partial charge on any atom is 0.332 e. The van der Waals surface area contributed by atoms with E-state index in [-0.39, 0.29) is 18.4 Å². The van der Waals surface area contributed by atoms with Crippen LogP contribution >= 0.6 is 0 Å². The first kappa shape index (κ1) is 21.6. The fourth-order valence-corrected chi connectivity index (χ4v) is 5.37. The van der Waals surface area contributed by atoms with Gasteiger partial charge in [-0.2, -0.15) is 0 Å². The van der Waals surface area contributed by atoms with Crippen LogP contribution in [-0.4, -0.2) is 43.6 Å². The highest BCUT2D eigenvalue weighted by molar-refractivity contribution is 7.90. The average molecular weight is 422 g/mol. The van der Waals surface area contributed by atoms with Gasteiger partial charge in [-0.05, 0) is 81.5 Å². The van der Waals surface area contributed by atoms with Crippen molar-refractivity contribution in [1.29, 1.82) is 0 Å². The maximum atomic E-state index is 12.5. The summed E-state index contributed by atoms with van der Waals surface area (Å²) in [5, 5.41) is 2.81. The monoisotopic (exact) mass is 421 g/mol. The van der Waals surface area contributed by atoms with Gasteiger partial charge in [-0.25, -0.2) is 17.9 Å². The van der Waals surface area contributed by atoms with Crippen molar-refractivity contribution in [2.24, 2.45) is 0 Å². The highest BCUT2D eigenvalue weighted by Crippen LogP contribution is 2.38. The lowest BCUT2D eigenvalue weighted by molar-refractivity contribution is -0.132. The number of benzene rings is 1. The van der Waals surface area contributed by atoms with Crippen LogP contribution in [0.5, 0.6) is 0 Å². The minimum absolute atomic E-state index is 0.00809. The summed E-state index contributed by atoms with van der Waals surface area (Å²) in [5.74, 6) is -0.639. The molecule has 160 valence electrons. The Morgan fingerprint density at radius 3 is 2.17 bits per heavy atom. The van der Waals surface area contributed by atoms with Crippen LogP contribution in [0.4, 0.5) is 10.5 Å². The molecule has 0 radical (unpaired) electrons. The van der Waals surface area contributed by atoms with Crippen molar-refractivity contribution in [1.82, 2.24) is 9.62 Å². The lowest BCUT2D eigenvalue weighted by atomic mass is 9.99. The number of amides is 3. The molecule has 0 spiro atoms. The van der Waals surface area contributed by atoms with Crippen molar-refractivity contribution in [3.8, 4) is 0 Å². The van der Waals surface area contributed by atoms with E-state index in [1.807, 2.05) is 20.8 Å². The SMILES string of the molecule is CCN(C(=O)CCS(=O)(=O)NC(=O)Nc1c2c(cc3c1CCC3)CCC2)C(C)C. The number of aryl methyl sites for hydroxylation is 2. The Kier molecular flexibility index (Phi) is 6.51. The first-order chi connectivity index (χ1) is 13.7. The summed E-state index contributed by atoms with van der Waals surface area (Å²) in [6.45, 7) is 6.15. The van der Waals surface area contributed by atoms with Crippen LogP contribution < -0.4 is 10.0 Å². The quantitative estimate of drug-likeness (QED) is 0.708. The number of carbonyl (C=O) groups is 2. The van der Waals surface area contributed by atoms with Crippen molar-refractivity contribution in [3.05, 3.63) is 28.3 Å². The average Bonchev–Trinajstić information content (AvgIpc) is 3.28. The molecule has 1 aromatic rings. The summed E-state index contributed by atoms with van der Waals surface area (Å²) >= 11 is 0. The molecule has 0 bridgehead atoms. The fourth-order valence-electron chi connectivity index (χ4n) is 4.49. The van der Waals surface area contributed by atoms with Gasteiger partial charge in [0, 0.05) is 24.7 Å². The normalized spacial score (nSPS) is 15.2. The van der Waals surface area contributed by atoms with Gasteiger partial charge >= 0.3 is 6.03 Å². The number of fused-ring (bicyclic) bond motifs is 2. The molecule has 2 aliphatic carbocycles. The van der Waals surface area contributed by atoms with Crippen LogP contribution in [0.1, 0.15) is 62.3 Å². The molecule has 0 saturated carbocycles. The van der Waals surface area contributed by atoms with Crippen LogP contribution in [-0.2, 0) is 40.5 Å². The van der Waals surface area contributed by atoms with Crippen molar-refractivity contribution in [3.63, 3.8) is 0 Å². The molecule has 0 heterocycles. The molecule has 3 rings (SSSR count). The molecule has 7 nitrogen and oxygen atoms in total. The number of urea groups is 1. The number of sulfonamides is 1. The van der Waals surface area contributed by atoms with Gasteiger partial charge in [0.15, 0.2) is 0 Å². The van der Waals surface area contributed by atoms with Gasteiger partial charge in [0.1, 0.15) is 0 Å². The molecular formula is C21H31N3O4S. The molecule has 8 heteroatoms. The molecule has 2 N–H and O–H groups in total. The Hall–Kier alpha value is -2.09. The van der Waals surface area contributed by atoms with Gasteiger partial charge in [0.05, 0.1) is 5.75 Å². The summed E-state index contributed by atoms with van der Waals surface area (Å²) in [7, 11) is -3.90. The minimum atomic E-state index is -3.90. The molecule has 1 aromatic carbocycles. The van der Waals surface area contributed by atoms with E-state index in [0.717, 1.165) is 55.3 Å².